The summed E-state index contributed by atoms with van der Waals surface area (Å²) in [5.41, 5.74) is 3.99. The van der Waals surface area contributed by atoms with Crippen molar-refractivity contribution in [1.29, 1.82) is 0 Å². The summed E-state index contributed by atoms with van der Waals surface area (Å²) in [5, 5.41) is 46.4. The Hall–Kier alpha value is -1.97. The Morgan fingerprint density at radius 3 is 2.31 bits per heavy atom. The van der Waals surface area contributed by atoms with E-state index in [1.807, 2.05) is 6.92 Å². The highest BCUT2D eigenvalue weighted by Gasteiger charge is 2.45. The van der Waals surface area contributed by atoms with Gasteiger partial charge in [0.1, 0.15) is 24.4 Å². The third kappa shape index (κ3) is 4.62. The number of H-pyrrole nitrogens is 1. The van der Waals surface area contributed by atoms with E-state index in [1.54, 1.807) is 0 Å². The molecule has 0 amide bonds. The van der Waals surface area contributed by atoms with Crippen molar-refractivity contribution in [2.45, 2.75) is 70.2 Å². The van der Waals surface area contributed by atoms with Crippen LogP contribution < -0.4 is 4.74 Å². The van der Waals surface area contributed by atoms with Crippen LogP contribution in [-0.4, -0.2) is 67.9 Å². The van der Waals surface area contributed by atoms with Gasteiger partial charge in [0.25, 0.3) is 0 Å². The normalized spacial score (nSPS) is 27.8. The number of hydrogen-bond donors (Lipinski definition) is 5. The Balaban J connectivity index is 1.77. The molecule has 5 atom stereocenters. The minimum Gasteiger partial charge on any atom is -0.443 e. The fraction of sp³-hybridized carbons (Fsp3) is 0.571. The first-order valence-electron chi connectivity index (χ1n) is 9.72. The van der Waals surface area contributed by atoms with Crippen molar-refractivity contribution in [1.82, 2.24) is 10.2 Å². The second-order valence-electron chi connectivity index (χ2n) is 8.57. The first-order chi connectivity index (χ1) is 13.6. The molecule has 0 radical (unpaired) electrons. The molecule has 0 saturated carbocycles. The molecular formula is C21H30N2O6. The summed E-state index contributed by atoms with van der Waals surface area (Å²) in [6, 6.07) is 8.32. The summed E-state index contributed by atoms with van der Waals surface area (Å²) in [6.45, 7) is 7.83. The molecule has 1 aromatic carbocycles. The number of aliphatic hydroxyl groups excluding tert-OH is 4. The number of nitrogens with zero attached hydrogens (tertiary/aromatic N) is 1. The molecule has 1 unspecified atom stereocenters. The molecule has 1 aromatic heterocycles. The van der Waals surface area contributed by atoms with Crippen LogP contribution in [0.15, 0.2) is 24.3 Å². The Bertz CT molecular complexity index is 812. The molecule has 5 N–H and O–H groups in total. The molecule has 2 heterocycles. The van der Waals surface area contributed by atoms with Crippen molar-refractivity contribution in [2.75, 3.05) is 6.61 Å². The number of rotatable bonds is 5. The molecule has 1 aliphatic heterocycles. The highest BCUT2D eigenvalue weighted by atomic mass is 16.7. The van der Waals surface area contributed by atoms with Gasteiger partial charge in [0.2, 0.25) is 12.2 Å². The maximum Gasteiger partial charge on any atom is 0.238 e. The van der Waals surface area contributed by atoms with Crippen molar-refractivity contribution < 1.29 is 29.9 Å². The third-order valence-electron chi connectivity index (χ3n) is 5.31. The molecule has 0 aliphatic carbocycles. The number of aromatic amines is 1. The lowest BCUT2D eigenvalue weighted by molar-refractivity contribution is -0.278. The van der Waals surface area contributed by atoms with Crippen LogP contribution in [0.1, 0.15) is 43.2 Å². The smallest absolute Gasteiger partial charge is 0.238 e. The van der Waals surface area contributed by atoms with Gasteiger partial charge < -0.3 is 29.9 Å². The van der Waals surface area contributed by atoms with Crippen LogP contribution in [0.5, 0.6) is 5.88 Å². The van der Waals surface area contributed by atoms with Crippen molar-refractivity contribution in [3.63, 3.8) is 0 Å². The second kappa shape index (κ2) is 8.41. The third-order valence-corrected chi connectivity index (χ3v) is 5.31. The molecule has 8 nitrogen and oxygen atoms in total. The van der Waals surface area contributed by atoms with Crippen LogP contribution in [-0.2, 0) is 16.6 Å². The predicted octanol–water partition coefficient (Wildman–Crippen LogP) is 0.785. The van der Waals surface area contributed by atoms with Crippen LogP contribution in [0.2, 0.25) is 0 Å². The zero-order valence-corrected chi connectivity index (χ0v) is 17.2. The van der Waals surface area contributed by atoms with Gasteiger partial charge in [-0.05, 0) is 23.5 Å². The molecule has 1 saturated heterocycles. The van der Waals surface area contributed by atoms with Gasteiger partial charge in [-0.25, -0.2) is 0 Å². The van der Waals surface area contributed by atoms with Gasteiger partial charge in [-0.15, -0.1) is 5.10 Å². The average molecular weight is 406 g/mol. The van der Waals surface area contributed by atoms with Crippen molar-refractivity contribution in [3.8, 4) is 5.88 Å². The summed E-state index contributed by atoms with van der Waals surface area (Å²) in [7, 11) is 0. The maximum absolute atomic E-state index is 10.2. The van der Waals surface area contributed by atoms with E-state index in [0.29, 0.717) is 6.42 Å². The van der Waals surface area contributed by atoms with Gasteiger partial charge in [-0.1, -0.05) is 45.0 Å². The minimum atomic E-state index is -1.50. The van der Waals surface area contributed by atoms with E-state index in [-0.39, 0.29) is 11.3 Å². The number of aliphatic hydroxyl groups is 4. The number of nitrogens with one attached hydrogen (secondary N) is 1. The molecule has 0 spiro atoms. The van der Waals surface area contributed by atoms with Gasteiger partial charge >= 0.3 is 0 Å². The maximum atomic E-state index is 10.2. The molecule has 0 bridgehead atoms. The summed E-state index contributed by atoms with van der Waals surface area (Å²) in [6.07, 6.45) is -6.17. The molecule has 160 valence electrons. The Labute approximate surface area is 170 Å². The quantitative estimate of drug-likeness (QED) is 0.496. The number of ether oxygens (including phenoxy) is 2. The molecule has 3 rings (SSSR count). The van der Waals surface area contributed by atoms with Gasteiger partial charge in [-0.3, -0.25) is 5.10 Å². The fourth-order valence-electron chi connectivity index (χ4n) is 3.34. The van der Waals surface area contributed by atoms with Crippen molar-refractivity contribution in [3.05, 3.63) is 46.6 Å². The number of benzene rings is 1. The van der Waals surface area contributed by atoms with Crippen LogP contribution in [0, 0.1) is 6.92 Å². The van der Waals surface area contributed by atoms with Gasteiger partial charge in [0.05, 0.1) is 6.61 Å². The van der Waals surface area contributed by atoms with E-state index in [9.17, 15) is 20.4 Å². The lowest BCUT2D eigenvalue weighted by Crippen LogP contribution is -2.60. The Morgan fingerprint density at radius 2 is 1.72 bits per heavy atom. The topological polar surface area (TPSA) is 128 Å². The predicted molar refractivity (Wildman–Crippen MR) is 106 cm³/mol. The highest BCUT2D eigenvalue weighted by molar-refractivity contribution is 5.37. The van der Waals surface area contributed by atoms with Gasteiger partial charge in [-0.2, -0.15) is 0 Å². The average Bonchev–Trinajstić information content (AvgIpc) is 3.01. The zero-order chi connectivity index (χ0) is 21.3. The molecular weight excluding hydrogens is 376 g/mol. The minimum absolute atomic E-state index is 0.0709. The molecule has 1 fully saturated rings. The number of aryl methyl sites for hydroxylation is 1. The van der Waals surface area contributed by atoms with E-state index < -0.39 is 37.3 Å². The SMILES string of the molecule is Cc1[nH]nc(OC2O[C@H](CO)[C@@H](O)[C@H](O)[C@H]2O)c1Cc1ccc(C(C)(C)C)cc1. The lowest BCUT2D eigenvalue weighted by atomic mass is 9.86. The summed E-state index contributed by atoms with van der Waals surface area (Å²) in [5.74, 6) is 0.242. The molecule has 2 aromatic rings. The largest absolute Gasteiger partial charge is 0.443 e. The van der Waals surface area contributed by atoms with E-state index in [4.69, 9.17) is 9.47 Å². The lowest BCUT2D eigenvalue weighted by Gasteiger charge is -2.39. The summed E-state index contributed by atoms with van der Waals surface area (Å²) in [4.78, 5) is 0. The monoisotopic (exact) mass is 406 g/mol. The van der Waals surface area contributed by atoms with Gasteiger partial charge in [0.15, 0.2) is 0 Å². The zero-order valence-electron chi connectivity index (χ0n) is 17.2. The standard InChI is InChI=1S/C21H30N2O6/c1-11-14(9-12-5-7-13(8-6-12)21(2,3)4)19(23-22-11)29-20-18(27)17(26)16(25)15(10-24)28-20/h5-8,15-18,20,24-27H,9-10H2,1-4H3,(H,22,23)/t15-,16-,17+,18-,20?/m1/s1. The van der Waals surface area contributed by atoms with Crippen LogP contribution in [0.25, 0.3) is 0 Å². The van der Waals surface area contributed by atoms with Crippen molar-refractivity contribution >= 4 is 0 Å². The number of hydrogen-bond acceptors (Lipinski definition) is 7. The van der Waals surface area contributed by atoms with E-state index in [0.717, 1.165) is 16.8 Å². The van der Waals surface area contributed by atoms with Crippen LogP contribution in [0.3, 0.4) is 0 Å². The van der Waals surface area contributed by atoms with E-state index in [2.05, 4.69) is 55.2 Å². The molecule has 29 heavy (non-hydrogen) atoms. The Kier molecular flexibility index (Phi) is 6.30. The molecule has 8 heteroatoms. The second-order valence-corrected chi connectivity index (χ2v) is 8.57. The van der Waals surface area contributed by atoms with E-state index >= 15 is 0 Å². The number of aromatic nitrogens is 2. The van der Waals surface area contributed by atoms with Crippen LogP contribution in [0.4, 0.5) is 0 Å². The fourth-order valence-corrected chi connectivity index (χ4v) is 3.34. The van der Waals surface area contributed by atoms with Crippen molar-refractivity contribution in [2.24, 2.45) is 0 Å². The highest BCUT2D eigenvalue weighted by Crippen LogP contribution is 2.29. The van der Waals surface area contributed by atoms with Crippen LogP contribution >= 0.6 is 0 Å². The van der Waals surface area contributed by atoms with Gasteiger partial charge in [0, 0.05) is 17.7 Å². The summed E-state index contributed by atoms with van der Waals surface area (Å²) < 4.78 is 11.1. The van der Waals surface area contributed by atoms with E-state index in [1.165, 1.54) is 5.56 Å². The molecule has 1 aliphatic rings. The summed E-state index contributed by atoms with van der Waals surface area (Å²) >= 11 is 0. The first-order valence-corrected chi connectivity index (χ1v) is 9.72. The Morgan fingerprint density at radius 1 is 1.07 bits per heavy atom. The first kappa shape index (κ1) is 21.7.